The Bertz CT molecular complexity index is 207. The summed E-state index contributed by atoms with van der Waals surface area (Å²) < 4.78 is 5.28. The van der Waals surface area contributed by atoms with Crippen LogP contribution in [0.5, 0.6) is 0 Å². The van der Waals surface area contributed by atoms with Crippen molar-refractivity contribution in [1.29, 1.82) is 0 Å². The molecule has 0 amide bonds. The van der Waals surface area contributed by atoms with Gasteiger partial charge in [-0.25, -0.2) is 0 Å². The molecule has 17 heavy (non-hydrogen) atoms. The van der Waals surface area contributed by atoms with Crippen molar-refractivity contribution in [2.75, 3.05) is 13.7 Å². The second kappa shape index (κ2) is 6.22. The third-order valence-electron chi connectivity index (χ3n) is 3.35. The van der Waals surface area contributed by atoms with Gasteiger partial charge in [-0.2, -0.15) is 0 Å². The van der Waals surface area contributed by atoms with Crippen LogP contribution < -0.4 is 0 Å². The summed E-state index contributed by atoms with van der Waals surface area (Å²) in [5.41, 5.74) is 1.26. The zero-order valence-electron chi connectivity index (χ0n) is 13.4. The SMILES string of the molecule is COCC[C@@](C)(CCC(C)(C)C)CC(C)(C)C. The summed E-state index contributed by atoms with van der Waals surface area (Å²) in [5.74, 6) is 0. The highest BCUT2D eigenvalue weighted by Gasteiger charge is 2.30. The summed E-state index contributed by atoms with van der Waals surface area (Å²) in [6, 6.07) is 0. The minimum Gasteiger partial charge on any atom is -0.385 e. The first-order chi connectivity index (χ1) is 7.47. The first-order valence-corrected chi connectivity index (χ1v) is 6.96. The summed E-state index contributed by atoms with van der Waals surface area (Å²) in [6.07, 6.45) is 5.05. The van der Waals surface area contributed by atoms with E-state index in [1.165, 1.54) is 25.7 Å². The Morgan fingerprint density at radius 2 is 1.24 bits per heavy atom. The van der Waals surface area contributed by atoms with E-state index in [4.69, 9.17) is 4.74 Å². The molecule has 0 aromatic heterocycles. The molecule has 0 fully saturated rings. The highest BCUT2D eigenvalue weighted by atomic mass is 16.5. The zero-order valence-corrected chi connectivity index (χ0v) is 13.4. The molecule has 0 bridgehead atoms. The highest BCUT2D eigenvalue weighted by Crippen LogP contribution is 2.42. The summed E-state index contributed by atoms with van der Waals surface area (Å²) in [5, 5.41) is 0. The van der Waals surface area contributed by atoms with E-state index < -0.39 is 0 Å². The maximum absolute atomic E-state index is 5.28. The molecule has 104 valence electrons. The Hall–Kier alpha value is -0.0400. The van der Waals surface area contributed by atoms with Gasteiger partial charge in [0.1, 0.15) is 0 Å². The van der Waals surface area contributed by atoms with Crippen molar-refractivity contribution in [2.45, 2.75) is 74.1 Å². The van der Waals surface area contributed by atoms with Crippen LogP contribution in [0.3, 0.4) is 0 Å². The lowest BCUT2D eigenvalue weighted by molar-refractivity contribution is 0.0926. The minimum absolute atomic E-state index is 0.403. The average Bonchev–Trinajstić information content (AvgIpc) is 2.08. The summed E-state index contributed by atoms with van der Waals surface area (Å²) in [6.45, 7) is 17.3. The number of hydrogen-bond acceptors (Lipinski definition) is 1. The largest absolute Gasteiger partial charge is 0.385 e. The Morgan fingerprint density at radius 3 is 1.59 bits per heavy atom. The van der Waals surface area contributed by atoms with Gasteiger partial charge < -0.3 is 4.74 Å². The average molecular weight is 242 g/mol. The fourth-order valence-corrected chi connectivity index (χ4v) is 2.61. The van der Waals surface area contributed by atoms with Crippen LogP contribution in [0.25, 0.3) is 0 Å². The Balaban J connectivity index is 4.49. The van der Waals surface area contributed by atoms with Gasteiger partial charge in [0.05, 0.1) is 0 Å². The van der Waals surface area contributed by atoms with Crippen molar-refractivity contribution in [3.8, 4) is 0 Å². The maximum atomic E-state index is 5.28. The lowest BCUT2D eigenvalue weighted by atomic mass is 9.69. The van der Waals surface area contributed by atoms with Gasteiger partial charge in [0, 0.05) is 13.7 Å². The van der Waals surface area contributed by atoms with Gasteiger partial charge in [0.15, 0.2) is 0 Å². The smallest absolute Gasteiger partial charge is 0.0467 e. The molecule has 0 aliphatic rings. The predicted molar refractivity (Wildman–Crippen MR) is 77.4 cm³/mol. The molecule has 1 nitrogen and oxygen atoms in total. The molecule has 0 spiro atoms. The second-order valence-corrected chi connectivity index (χ2v) is 8.35. The lowest BCUT2D eigenvalue weighted by Gasteiger charge is -2.37. The number of rotatable bonds is 6. The molecular weight excluding hydrogens is 208 g/mol. The highest BCUT2D eigenvalue weighted by molar-refractivity contribution is 4.82. The number of ether oxygens (including phenoxy) is 1. The van der Waals surface area contributed by atoms with E-state index in [-0.39, 0.29) is 0 Å². The fourth-order valence-electron chi connectivity index (χ4n) is 2.61. The topological polar surface area (TPSA) is 9.23 Å². The van der Waals surface area contributed by atoms with Crippen molar-refractivity contribution in [1.82, 2.24) is 0 Å². The molecule has 0 rings (SSSR count). The molecule has 0 saturated heterocycles. The Labute approximate surface area is 109 Å². The molecule has 0 aromatic rings. The van der Waals surface area contributed by atoms with Crippen molar-refractivity contribution in [2.24, 2.45) is 16.2 Å². The summed E-state index contributed by atoms with van der Waals surface area (Å²) >= 11 is 0. The quantitative estimate of drug-likeness (QED) is 0.615. The van der Waals surface area contributed by atoms with Crippen molar-refractivity contribution < 1.29 is 4.74 Å². The molecule has 0 saturated carbocycles. The van der Waals surface area contributed by atoms with E-state index in [0.29, 0.717) is 16.2 Å². The van der Waals surface area contributed by atoms with Crippen LogP contribution in [-0.4, -0.2) is 13.7 Å². The van der Waals surface area contributed by atoms with Crippen LogP contribution in [0, 0.1) is 16.2 Å². The van der Waals surface area contributed by atoms with Gasteiger partial charge in [-0.3, -0.25) is 0 Å². The van der Waals surface area contributed by atoms with Gasteiger partial charge >= 0.3 is 0 Å². The monoisotopic (exact) mass is 242 g/mol. The predicted octanol–water partition coefficient (Wildman–Crippen LogP) is 5.29. The third kappa shape index (κ3) is 9.64. The molecular formula is C16H34O. The van der Waals surface area contributed by atoms with Gasteiger partial charge in [0.25, 0.3) is 0 Å². The van der Waals surface area contributed by atoms with Gasteiger partial charge in [-0.15, -0.1) is 0 Å². The zero-order chi connectivity index (χ0) is 13.7. The molecule has 0 aliphatic carbocycles. The van der Waals surface area contributed by atoms with Crippen LogP contribution in [0.4, 0.5) is 0 Å². The van der Waals surface area contributed by atoms with E-state index in [2.05, 4.69) is 48.5 Å². The first kappa shape index (κ1) is 17.0. The summed E-state index contributed by atoms with van der Waals surface area (Å²) in [4.78, 5) is 0. The third-order valence-corrected chi connectivity index (χ3v) is 3.35. The molecule has 0 N–H and O–H groups in total. The minimum atomic E-state index is 0.403. The van der Waals surface area contributed by atoms with E-state index >= 15 is 0 Å². The van der Waals surface area contributed by atoms with Crippen molar-refractivity contribution in [3.63, 3.8) is 0 Å². The second-order valence-electron chi connectivity index (χ2n) is 8.35. The summed E-state index contributed by atoms with van der Waals surface area (Å²) in [7, 11) is 1.81. The normalized spacial score (nSPS) is 16.9. The van der Waals surface area contributed by atoms with Gasteiger partial charge in [-0.05, 0) is 41.9 Å². The molecule has 0 aliphatic heterocycles. The van der Waals surface area contributed by atoms with E-state index in [0.717, 1.165) is 6.61 Å². The molecule has 0 unspecified atom stereocenters. The Kier molecular flexibility index (Phi) is 6.21. The van der Waals surface area contributed by atoms with Gasteiger partial charge in [0.2, 0.25) is 0 Å². The molecule has 0 radical (unpaired) electrons. The maximum Gasteiger partial charge on any atom is 0.0467 e. The number of methoxy groups -OCH3 is 1. The standard InChI is InChI=1S/C16H34O/c1-14(2,3)9-10-16(7,11-12-17-8)13-15(4,5)6/h9-13H2,1-8H3/t16-/m1/s1. The van der Waals surface area contributed by atoms with Gasteiger partial charge in [-0.1, -0.05) is 48.5 Å². The first-order valence-electron chi connectivity index (χ1n) is 6.96. The Morgan fingerprint density at radius 1 is 0.706 bits per heavy atom. The fraction of sp³-hybridized carbons (Fsp3) is 1.00. The van der Waals surface area contributed by atoms with Crippen molar-refractivity contribution >= 4 is 0 Å². The van der Waals surface area contributed by atoms with Crippen LogP contribution in [0.1, 0.15) is 74.1 Å². The molecule has 0 heterocycles. The van der Waals surface area contributed by atoms with E-state index in [1.54, 1.807) is 7.11 Å². The van der Waals surface area contributed by atoms with Crippen LogP contribution in [-0.2, 0) is 4.74 Å². The van der Waals surface area contributed by atoms with Crippen molar-refractivity contribution in [3.05, 3.63) is 0 Å². The van der Waals surface area contributed by atoms with E-state index in [1.807, 2.05) is 0 Å². The van der Waals surface area contributed by atoms with Crippen LogP contribution >= 0.6 is 0 Å². The van der Waals surface area contributed by atoms with E-state index in [9.17, 15) is 0 Å². The molecule has 0 aromatic carbocycles. The van der Waals surface area contributed by atoms with Crippen LogP contribution in [0.2, 0.25) is 0 Å². The van der Waals surface area contributed by atoms with Crippen LogP contribution in [0.15, 0.2) is 0 Å². The molecule has 1 heteroatoms. The lowest BCUT2D eigenvalue weighted by Crippen LogP contribution is -2.27. The molecule has 1 atom stereocenters. The number of hydrogen-bond donors (Lipinski definition) is 0.